The predicted octanol–water partition coefficient (Wildman–Crippen LogP) is 3.89. The number of amides is 1. The Bertz CT molecular complexity index is 1250. The zero-order valence-electron chi connectivity index (χ0n) is 16.3. The van der Waals surface area contributed by atoms with Crippen LogP contribution in [0.15, 0.2) is 52.6 Å². The van der Waals surface area contributed by atoms with Crippen LogP contribution >= 0.6 is 11.3 Å². The van der Waals surface area contributed by atoms with Crippen molar-refractivity contribution in [2.45, 2.75) is 38.3 Å². The second-order valence-corrected chi connectivity index (χ2v) is 8.45. The monoisotopic (exact) mass is 419 g/mol. The van der Waals surface area contributed by atoms with Gasteiger partial charge in [-0.25, -0.2) is 4.68 Å². The molecule has 1 amide bonds. The molecule has 3 aromatic heterocycles. The summed E-state index contributed by atoms with van der Waals surface area (Å²) < 4.78 is 1.63. The lowest BCUT2D eigenvalue weighted by molar-refractivity contribution is 0.0945. The van der Waals surface area contributed by atoms with Crippen molar-refractivity contribution in [2.24, 2.45) is 0 Å². The lowest BCUT2D eigenvalue weighted by atomic mass is 10.1. The van der Waals surface area contributed by atoms with Gasteiger partial charge in [-0.3, -0.25) is 14.7 Å². The lowest BCUT2D eigenvalue weighted by Gasteiger charge is -2.16. The van der Waals surface area contributed by atoms with E-state index in [4.69, 9.17) is 0 Å². The fourth-order valence-electron chi connectivity index (χ4n) is 4.05. The van der Waals surface area contributed by atoms with Crippen LogP contribution in [0.3, 0.4) is 0 Å². The van der Waals surface area contributed by atoms with Crippen molar-refractivity contribution in [2.75, 3.05) is 0 Å². The number of fused-ring (bicyclic) bond motifs is 1. The number of hydrogen-bond donors (Lipinski definition) is 2. The summed E-state index contributed by atoms with van der Waals surface area (Å²) in [4.78, 5) is 26.6. The van der Waals surface area contributed by atoms with Crippen LogP contribution in [0.4, 0.5) is 0 Å². The van der Waals surface area contributed by atoms with Gasteiger partial charge < -0.3 is 5.32 Å². The highest BCUT2D eigenvalue weighted by atomic mass is 32.1. The Labute approximate surface area is 176 Å². The van der Waals surface area contributed by atoms with Crippen LogP contribution < -0.4 is 10.9 Å². The zero-order chi connectivity index (χ0) is 20.5. The van der Waals surface area contributed by atoms with Crippen LogP contribution in [0.25, 0.3) is 21.3 Å². The van der Waals surface area contributed by atoms with Crippen molar-refractivity contribution in [3.8, 4) is 10.6 Å². The van der Waals surface area contributed by atoms with Gasteiger partial charge in [-0.1, -0.05) is 37.1 Å². The number of carbonyl (C=O) groups is 1. The van der Waals surface area contributed by atoms with Crippen molar-refractivity contribution in [3.63, 3.8) is 0 Å². The summed E-state index contributed by atoms with van der Waals surface area (Å²) in [5.74, 6) is -0.279. The molecular formula is C22H21N5O2S. The molecule has 0 unspecified atom stereocenters. The smallest absolute Gasteiger partial charge is 0.274 e. The second-order valence-electron chi connectivity index (χ2n) is 7.51. The summed E-state index contributed by atoms with van der Waals surface area (Å²) in [6.07, 6.45) is 4.17. The number of aromatic amines is 1. The molecule has 2 N–H and O–H groups in total. The summed E-state index contributed by atoms with van der Waals surface area (Å²) in [7, 11) is 0. The number of rotatable bonds is 5. The van der Waals surface area contributed by atoms with E-state index in [1.165, 1.54) is 0 Å². The minimum atomic E-state index is -0.279. The number of nitrogens with one attached hydrogen (secondary N) is 2. The molecule has 4 aromatic rings. The van der Waals surface area contributed by atoms with Crippen LogP contribution in [-0.4, -0.2) is 25.9 Å². The maximum absolute atomic E-state index is 12.9. The highest BCUT2D eigenvalue weighted by molar-refractivity contribution is 7.13. The number of benzene rings is 1. The number of carbonyl (C=O) groups excluding carboxylic acids is 1. The van der Waals surface area contributed by atoms with E-state index in [-0.39, 0.29) is 24.1 Å². The van der Waals surface area contributed by atoms with Gasteiger partial charge in [0.25, 0.3) is 11.5 Å². The quantitative estimate of drug-likeness (QED) is 0.513. The molecule has 0 saturated heterocycles. The molecule has 30 heavy (non-hydrogen) atoms. The Balaban J connectivity index is 1.41. The Morgan fingerprint density at radius 3 is 2.73 bits per heavy atom. The zero-order valence-corrected chi connectivity index (χ0v) is 17.1. The van der Waals surface area contributed by atoms with E-state index in [9.17, 15) is 9.59 Å². The van der Waals surface area contributed by atoms with Crippen LogP contribution in [-0.2, 0) is 6.54 Å². The molecule has 0 aliphatic heterocycles. The maximum atomic E-state index is 12.9. The van der Waals surface area contributed by atoms with Gasteiger partial charge in [-0.05, 0) is 36.4 Å². The van der Waals surface area contributed by atoms with Crippen molar-refractivity contribution in [3.05, 3.63) is 69.6 Å². The third kappa shape index (κ3) is 3.43. The first kappa shape index (κ1) is 18.7. The number of thiophene rings is 1. The van der Waals surface area contributed by atoms with E-state index >= 15 is 0 Å². The maximum Gasteiger partial charge on any atom is 0.274 e. The number of hydrogen-bond acceptors (Lipinski definition) is 5. The van der Waals surface area contributed by atoms with E-state index in [0.29, 0.717) is 16.8 Å². The van der Waals surface area contributed by atoms with Crippen molar-refractivity contribution < 1.29 is 4.79 Å². The van der Waals surface area contributed by atoms with Crippen molar-refractivity contribution >= 4 is 28.0 Å². The lowest BCUT2D eigenvalue weighted by Crippen LogP contribution is -2.30. The Morgan fingerprint density at radius 2 is 1.97 bits per heavy atom. The molecule has 0 atom stereocenters. The number of H-pyrrole nitrogens is 1. The third-order valence-corrected chi connectivity index (χ3v) is 6.49. The van der Waals surface area contributed by atoms with Gasteiger partial charge >= 0.3 is 0 Å². The predicted molar refractivity (Wildman–Crippen MR) is 117 cm³/mol. The molecule has 1 fully saturated rings. The van der Waals surface area contributed by atoms with Crippen LogP contribution in [0.2, 0.25) is 0 Å². The Morgan fingerprint density at radius 1 is 1.17 bits per heavy atom. The molecule has 0 spiro atoms. The molecule has 152 valence electrons. The molecule has 0 radical (unpaired) electrons. The van der Waals surface area contributed by atoms with E-state index < -0.39 is 0 Å². The highest BCUT2D eigenvalue weighted by Crippen LogP contribution is 2.28. The first-order chi connectivity index (χ1) is 14.7. The topological polar surface area (TPSA) is 92.7 Å². The minimum Gasteiger partial charge on any atom is -0.345 e. The summed E-state index contributed by atoms with van der Waals surface area (Å²) >= 11 is 1.58. The molecule has 8 heteroatoms. The largest absolute Gasteiger partial charge is 0.345 e. The minimum absolute atomic E-state index is 0.0551. The van der Waals surface area contributed by atoms with E-state index in [0.717, 1.165) is 41.6 Å². The van der Waals surface area contributed by atoms with Gasteiger partial charge in [0, 0.05) is 5.39 Å². The van der Waals surface area contributed by atoms with Crippen LogP contribution in [0.1, 0.15) is 47.9 Å². The normalized spacial score (nSPS) is 14.4. The fraction of sp³-hybridized carbons (Fsp3) is 0.273. The second kappa shape index (κ2) is 7.87. The molecule has 1 aliphatic carbocycles. The molecule has 7 nitrogen and oxygen atoms in total. The summed E-state index contributed by atoms with van der Waals surface area (Å²) in [6.45, 7) is 0.230. The first-order valence-corrected chi connectivity index (χ1v) is 11.0. The van der Waals surface area contributed by atoms with E-state index in [1.807, 2.05) is 41.8 Å². The van der Waals surface area contributed by atoms with E-state index in [2.05, 4.69) is 20.6 Å². The fourth-order valence-corrected chi connectivity index (χ4v) is 4.74. The Hall–Kier alpha value is -3.26. The highest BCUT2D eigenvalue weighted by Gasteiger charge is 2.22. The summed E-state index contributed by atoms with van der Waals surface area (Å²) in [5.41, 5.74) is 1.78. The Kier molecular flexibility index (Phi) is 4.92. The molecular weight excluding hydrogens is 398 g/mol. The molecule has 1 aromatic carbocycles. The van der Waals surface area contributed by atoms with Gasteiger partial charge in [-0.2, -0.15) is 10.2 Å². The van der Waals surface area contributed by atoms with Gasteiger partial charge in [0.1, 0.15) is 0 Å². The molecule has 3 heterocycles. The average Bonchev–Trinajstić information content (AvgIpc) is 3.55. The average molecular weight is 420 g/mol. The standard InChI is InChI=1S/C22H21N5O2S/c28-21(18-12-17(24-25-18)20-10-5-11-30-20)23-13-19-15-8-3-4-9-16(15)22(29)27(26-19)14-6-1-2-7-14/h3-5,8-12,14H,1-2,6-7,13H2,(H,23,28)(H,24,25). The van der Waals surface area contributed by atoms with Crippen molar-refractivity contribution in [1.82, 2.24) is 25.3 Å². The van der Waals surface area contributed by atoms with Crippen molar-refractivity contribution in [1.29, 1.82) is 0 Å². The molecule has 1 saturated carbocycles. The molecule has 5 rings (SSSR count). The van der Waals surface area contributed by atoms with Gasteiger partial charge in [0.2, 0.25) is 0 Å². The third-order valence-electron chi connectivity index (χ3n) is 5.59. The summed E-state index contributed by atoms with van der Waals surface area (Å²) in [5, 5.41) is 18.0. The van der Waals surface area contributed by atoms with Gasteiger partial charge in [-0.15, -0.1) is 11.3 Å². The van der Waals surface area contributed by atoms with Crippen LogP contribution in [0, 0.1) is 0 Å². The summed E-state index contributed by atoms with van der Waals surface area (Å²) in [6, 6.07) is 13.3. The molecule has 0 bridgehead atoms. The SMILES string of the molecule is O=C(NCc1nn(C2CCCC2)c(=O)c2ccccc12)c1cc(-c2cccs2)[nH]n1. The number of aromatic nitrogens is 4. The van der Waals surface area contributed by atoms with Crippen LogP contribution in [0.5, 0.6) is 0 Å². The van der Waals surface area contributed by atoms with E-state index in [1.54, 1.807) is 22.1 Å². The van der Waals surface area contributed by atoms with Gasteiger partial charge in [0.05, 0.1) is 34.2 Å². The first-order valence-electron chi connectivity index (χ1n) is 10.1. The molecule has 1 aliphatic rings. The number of nitrogens with zero attached hydrogens (tertiary/aromatic N) is 3. The van der Waals surface area contributed by atoms with Gasteiger partial charge in [0.15, 0.2) is 5.69 Å².